The van der Waals surface area contributed by atoms with E-state index in [2.05, 4.69) is 28.4 Å². The number of carbonyl (C=O) groups excluding carboxylic acids is 1. The Labute approximate surface area is 121 Å². The predicted molar refractivity (Wildman–Crippen MR) is 80.6 cm³/mol. The first kappa shape index (κ1) is 13.6. The van der Waals surface area contributed by atoms with E-state index in [9.17, 15) is 4.79 Å². The average molecular weight is 272 g/mol. The zero-order chi connectivity index (χ0) is 13.8. The first-order valence-corrected chi connectivity index (χ1v) is 7.88. The molecule has 0 aromatic heterocycles. The number of hydrogen-bond donors (Lipinski definition) is 1. The number of fused-ring (bicyclic) bond motifs is 1. The lowest BCUT2D eigenvalue weighted by atomic mass is 10.0. The molecule has 0 bridgehead atoms. The second-order valence-corrected chi connectivity index (χ2v) is 6.10. The number of rotatable bonds is 2. The first-order valence-electron chi connectivity index (χ1n) is 7.88. The largest absolute Gasteiger partial charge is 0.342 e. The van der Waals surface area contributed by atoms with E-state index in [1.165, 1.54) is 30.4 Å². The van der Waals surface area contributed by atoms with Crippen molar-refractivity contribution >= 4 is 5.91 Å². The van der Waals surface area contributed by atoms with Gasteiger partial charge in [0, 0.05) is 13.1 Å². The summed E-state index contributed by atoms with van der Waals surface area (Å²) in [6.07, 6.45) is 5.40. The van der Waals surface area contributed by atoms with Gasteiger partial charge >= 0.3 is 0 Å². The summed E-state index contributed by atoms with van der Waals surface area (Å²) < 4.78 is 0. The molecule has 3 nitrogen and oxygen atoms in total. The Morgan fingerprint density at radius 1 is 1.20 bits per heavy atom. The normalized spacial score (nSPS) is 23.9. The fourth-order valence-corrected chi connectivity index (χ4v) is 3.38. The van der Waals surface area contributed by atoms with Crippen LogP contribution in [0, 0.1) is 5.92 Å². The summed E-state index contributed by atoms with van der Waals surface area (Å²) in [4.78, 5) is 14.5. The highest BCUT2D eigenvalue weighted by atomic mass is 16.2. The number of benzene rings is 1. The van der Waals surface area contributed by atoms with Gasteiger partial charge < -0.3 is 10.2 Å². The summed E-state index contributed by atoms with van der Waals surface area (Å²) in [7, 11) is 0. The molecule has 3 heteroatoms. The fraction of sp³-hybridized carbons (Fsp3) is 0.588. The van der Waals surface area contributed by atoms with Gasteiger partial charge in [-0.25, -0.2) is 0 Å². The van der Waals surface area contributed by atoms with Gasteiger partial charge in [-0.2, -0.15) is 0 Å². The SMILES string of the molecule is O=C1Cc2ccccc2CCN1CC1CCCCNC1. The molecule has 1 unspecified atom stereocenters. The molecule has 0 saturated carbocycles. The van der Waals surface area contributed by atoms with Crippen LogP contribution in [0.3, 0.4) is 0 Å². The molecule has 1 aromatic rings. The number of nitrogens with one attached hydrogen (secondary N) is 1. The zero-order valence-corrected chi connectivity index (χ0v) is 12.1. The van der Waals surface area contributed by atoms with Crippen LogP contribution in [0.5, 0.6) is 0 Å². The van der Waals surface area contributed by atoms with Crippen LogP contribution < -0.4 is 5.32 Å². The topological polar surface area (TPSA) is 32.3 Å². The Kier molecular flexibility index (Phi) is 4.36. The molecular weight excluding hydrogens is 248 g/mol. The predicted octanol–water partition coefficient (Wildman–Crippen LogP) is 2.00. The Balaban J connectivity index is 1.65. The van der Waals surface area contributed by atoms with Gasteiger partial charge in [0.05, 0.1) is 6.42 Å². The molecule has 108 valence electrons. The van der Waals surface area contributed by atoms with Crippen molar-refractivity contribution in [3.05, 3.63) is 35.4 Å². The average Bonchev–Trinajstić information content (AvgIpc) is 2.80. The number of carbonyl (C=O) groups is 1. The molecule has 1 aromatic carbocycles. The van der Waals surface area contributed by atoms with Gasteiger partial charge in [0.25, 0.3) is 0 Å². The zero-order valence-electron chi connectivity index (χ0n) is 12.1. The summed E-state index contributed by atoms with van der Waals surface area (Å²) in [6, 6.07) is 8.38. The first-order chi connectivity index (χ1) is 9.83. The van der Waals surface area contributed by atoms with E-state index < -0.39 is 0 Å². The van der Waals surface area contributed by atoms with Gasteiger partial charge in [0.15, 0.2) is 0 Å². The summed E-state index contributed by atoms with van der Waals surface area (Å²) in [5.41, 5.74) is 2.57. The number of hydrogen-bond acceptors (Lipinski definition) is 2. The van der Waals surface area contributed by atoms with Crippen LogP contribution in [-0.4, -0.2) is 37.0 Å². The van der Waals surface area contributed by atoms with Crippen LogP contribution in [0.4, 0.5) is 0 Å². The van der Waals surface area contributed by atoms with Crippen LogP contribution >= 0.6 is 0 Å². The lowest BCUT2D eigenvalue weighted by Crippen LogP contribution is -2.38. The summed E-state index contributed by atoms with van der Waals surface area (Å²) in [6.45, 7) is 4.01. The molecule has 3 rings (SSSR count). The van der Waals surface area contributed by atoms with Gasteiger partial charge in [0.2, 0.25) is 5.91 Å². The highest BCUT2D eigenvalue weighted by molar-refractivity contribution is 5.79. The minimum atomic E-state index is 0.305. The van der Waals surface area contributed by atoms with Crippen LogP contribution in [0.1, 0.15) is 30.4 Å². The smallest absolute Gasteiger partial charge is 0.227 e. The lowest BCUT2D eigenvalue weighted by molar-refractivity contribution is -0.130. The Hall–Kier alpha value is -1.35. The van der Waals surface area contributed by atoms with E-state index in [4.69, 9.17) is 0 Å². The molecule has 0 spiro atoms. The second-order valence-electron chi connectivity index (χ2n) is 6.10. The molecule has 1 amide bonds. The van der Waals surface area contributed by atoms with Crippen LogP contribution in [-0.2, 0) is 17.6 Å². The second kappa shape index (κ2) is 6.40. The third-order valence-corrected chi connectivity index (χ3v) is 4.59. The van der Waals surface area contributed by atoms with E-state index in [-0.39, 0.29) is 0 Å². The molecule has 2 aliphatic heterocycles. The molecule has 0 aliphatic carbocycles. The van der Waals surface area contributed by atoms with Crippen molar-refractivity contribution in [1.29, 1.82) is 0 Å². The van der Waals surface area contributed by atoms with Gasteiger partial charge in [-0.3, -0.25) is 4.79 Å². The monoisotopic (exact) mass is 272 g/mol. The third kappa shape index (κ3) is 3.21. The van der Waals surface area contributed by atoms with E-state index in [0.29, 0.717) is 18.2 Å². The lowest BCUT2D eigenvalue weighted by Gasteiger charge is -2.25. The molecule has 1 saturated heterocycles. The maximum atomic E-state index is 12.4. The minimum absolute atomic E-state index is 0.305. The fourth-order valence-electron chi connectivity index (χ4n) is 3.38. The standard InChI is InChI=1S/C17H24N2O/c20-17-11-16-7-2-1-6-15(16)8-10-19(17)13-14-5-3-4-9-18-12-14/h1-2,6-7,14,18H,3-5,8-13H2. The van der Waals surface area contributed by atoms with E-state index in [1.807, 2.05) is 6.07 Å². The van der Waals surface area contributed by atoms with Crippen LogP contribution in [0.15, 0.2) is 24.3 Å². The van der Waals surface area contributed by atoms with Gasteiger partial charge in [-0.05, 0) is 49.4 Å². The molecule has 2 aliphatic rings. The highest BCUT2D eigenvalue weighted by Gasteiger charge is 2.23. The minimum Gasteiger partial charge on any atom is -0.342 e. The van der Waals surface area contributed by atoms with Crippen LogP contribution in [0.2, 0.25) is 0 Å². The maximum Gasteiger partial charge on any atom is 0.227 e. The van der Waals surface area contributed by atoms with Crippen LogP contribution in [0.25, 0.3) is 0 Å². The third-order valence-electron chi connectivity index (χ3n) is 4.59. The van der Waals surface area contributed by atoms with Crippen molar-refractivity contribution in [2.75, 3.05) is 26.2 Å². The molecule has 1 fully saturated rings. The van der Waals surface area contributed by atoms with Gasteiger partial charge in [-0.15, -0.1) is 0 Å². The Morgan fingerprint density at radius 3 is 2.95 bits per heavy atom. The quantitative estimate of drug-likeness (QED) is 0.893. The van der Waals surface area contributed by atoms with Crippen molar-refractivity contribution in [3.63, 3.8) is 0 Å². The highest BCUT2D eigenvalue weighted by Crippen LogP contribution is 2.19. The van der Waals surface area contributed by atoms with Crippen molar-refractivity contribution < 1.29 is 4.79 Å². The van der Waals surface area contributed by atoms with E-state index >= 15 is 0 Å². The summed E-state index contributed by atoms with van der Waals surface area (Å²) in [5, 5.41) is 3.50. The molecule has 0 radical (unpaired) electrons. The van der Waals surface area contributed by atoms with Crippen molar-refractivity contribution in [3.8, 4) is 0 Å². The Bertz CT molecular complexity index is 464. The number of nitrogens with zero attached hydrogens (tertiary/aromatic N) is 1. The Morgan fingerprint density at radius 2 is 2.05 bits per heavy atom. The van der Waals surface area contributed by atoms with Gasteiger partial charge in [-0.1, -0.05) is 30.7 Å². The molecule has 2 heterocycles. The van der Waals surface area contributed by atoms with Crippen molar-refractivity contribution in [1.82, 2.24) is 10.2 Å². The van der Waals surface area contributed by atoms with Crippen molar-refractivity contribution in [2.45, 2.75) is 32.1 Å². The van der Waals surface area contributed by atoms with Crippen molar-refractivity contribution in [2.24, 2.45) is 5.92 Å². The molecular formula is C17H24N2O. The summed E-state index contributed by atoms with van der Waals surface area (Å²) >= 11 is 0. The molecule has 1 N–H and O–H groups in total. The maximum absolute atomic E-state index is 12.4. The van der Waals surface area contributed by atoms with E-state index in [1.54, 1.807) is 0 Å². The molecule has 20 heavy (non-hydrogen) atoms. The number of amides is 1. The molecule has 1 atom stereocenters. The van der Waals surface area contributed by atoms with Gasteiger partial charge in [0.1, 0.15) is 0 Å². The summed E-state index contributed by atoms with van der Waals surface area (Å²) in [5.74, 6) is 0.932. The van der Waals surface area contributed by atoms with E-state index in [0.717, 1.165) is 32.6 Å².